The molecular weight excluding hydrogens is 480 g/mol. The Bertz CT molecular complexity index is 910. The number of carbonyl (C=O) groups excluding carboxylic acids is 4. The third-order valence-electron chi connectivity index (χ3n) is 5.58. The van der Waals surface area contributed by atoms with Crippen LogP contribution in [0.1, 0.15) is 51.5 Å². The predicted octanol–water partition coefficient (Wildman–Crippen LogP) is -0.854. The molecule has 10 N–H and O–H groups in total. The number of carbonyl (C=O) groups is 5. The first-order valence-electron chi connectivity index (χ1n) is 12.4. The summed E-state index contributed by atoms with van der Waals surface area (Å²) in [5, 5.41) is 17.3. The molecule has 0 fully saturated rings. The Kier molecular flexibility index (Phi) is 13.9. The first-order chi connectivity index (χ1) is 17.4. The average molecular weight is 521 g/mol. The minimum absolute atomic E-state index is 0.00445. The fraction of sp³-hybridized carbons (Fsp3) is 0.560. The molecule has 12 heteroatoms. The van der Waals surface area contributed by atoms with Crippen LogP contribution in [0.15, 0.2) is 30.3 Å². The Morgan fingerprint density at radius 3 is 1.97 bits per heavy atom. The van der Waals surface area contributed by atoms with Crippen molar-refractivity contribution in [1.29, 1.82) is 0 Å². The minimum Gasteiger partial charge on any atom is -0.480 e. The quantitative estimate of drug-likeness (QED) is 0.128. The second kappa shape index (κ2) is 16.3. The number of nitrogens with two attached hydrogens (primary N) is 3. The van der Waals surface area contributed by atoms with Crippen molar-refractivity contribution >= 4 is 29.6 Å². The Hall–Kier alpha value is -3.51. The van der Waals surface area contributed by atoms with Crippen LogP contribution >= 0.6 is 0 Å². The standard InChI is InChI=1S/C25H40N6O6/c1-15(2)12-19(30-22(33)17(27)14-21(28)32)24(35)29-18(10-6-7-11-26)23(34)31-20(25(36)37)13-16-8-4-3-5-9-16/h3-5,8-9,15,17-20H,6-7,10-14,26-27H2,1-2H3,(H2,28,32)(H,29,35)(H,30,33)(H,31,34)(H,36,37). The zero-order chi connectivity index (χ0) is 28.0. The van der Waals surface area contributed by atoms with Gasteiger partial charge < -0.3 is 38.3 Å². The van der Waals surface area contributed by atoms with Crippen LogP contribution in [0.4, 0.5) is 0 Å². The molecule has 4 amide bonds. The summed E-state index contributed by atoms with van der Waals surface area (Å²) in [5.41, 5.74) is 17.1. The molecule has 0 aliphatic carbocycles. The lowest BCUT2D eigenvalue weighted by Crippen LogP contribution is -2.57. The molecule has 1 rings (SSSR count). The van der Waals surface area contributed by atoms with E-state index in [1.165, 1.54) is 0 Å². The summed E-state index contributed by atoms with van der Waals surface area (Å²) in [5.74, 6) is -3.98. The van der Waals surface area contributed by atoms with Gasteiger partial charge in [0, 0.05) is 6.42 Å². The van der Waals surface area contributed by atoms with Gasteiger partial charge in [0.1, 0.15) is 18.1 Å². The minimum atomic E-state index is -1.22. The molecule has 0 saturated heterocycles. The maximum absolute atomic E-state index is 13.1. The third kappa shape index (κ3) is 12.3. The molecule has 0 radical (unpaired) electrons. The Labute approximate surface area is 217 Å². The number of primary amides is 1. The van der Waals surface area contributed by atoms with Crippen molar-refractivity contribution in [2.24, 2.45) is 23.1 Å². The first-order valence-corrected chi connectivity index (χ1v) is 12.4. The van der Waals surface area contributed by atoms with E-state index in [9.17, 15) is 29.1 Å². The molecule has 0 heterocycles. The maximum atomic E-state index is 13.1. The van der Waals surface area contributed by atoms with Gasteiger partial charge in [-0.15, -0.1) is 0 Å². The van der Waals surface area contributed by atoms with Gasteiger partial charge in [0.15, 0.2) is 0 Å². The maximum Gasteiger partial charge on any atom is 0.326 e. The van der Waals surface area contributed by atoms with E-state index in [1.807, 2.05) is 13.8 Å². The van der Waals surface area contributed by atoms with Gasteiger partial charge in [0.25, 0.3) is 0 Å². The number of carboxylic acids is 1. The van der Waals surface area contributed by atoms with Gasteiger partial charge in [-0.2, -0.15) is 0 Å². The molecule has 1 aromatic rings. The van der Waals surface area contributed by atoms with Crippen molar-refractivity contribution in [3.63, 3.8) is 0 Å². The summed E-state index contributed by atoms with van der Waals surface area (Å²) in [6.45, 7) is 4.09. The van der Waals surface area contributed by atoms with Crippen molar-refractivity contribution < 1.29 is 29.1 Å². The largest absolute Gasteiger partial charge is 0.480 e. The fourth-order valence-electron chi connectivity index (χ4n) is 3.65. The van der Waals surface area contributed by atoms with Crippen LogP contribution in [0.2, 0.25) is 0 Å². The van der Waals surface area contributed by atoms with Gasteiger partial charge in [-0.05, 0) is 43.7 Å². The van der Waals surface area contributed by atoms with Crippen LogP contribution in [0.25, 0.3) is 0 Å². The Morgan fingerprint density at radius 1 is 0.865 bits per heavy atom. The molecule has 37 heavy (non-hydrogen) atoms. The summed E-state index contributed by atoms with van der Waals surface area (Å²) < 4.78 is 0. The number of carboxylic acid groups (broad SMARTS) is 1. The van der Waals surface area contributed by atoms with Crippen molar-refractivity contribution in [2.45, 2.75) is 76.5 Å². The van der Waals surface area contributed by atoms with Crippen LogP contribution in [-0.4, -0.2) is 65.4 Å². The normalized spacial score (nSPS) is 14.2. The second-order valence-corrected chi connectivity index (χ2v) is 9.40. The van der Waals surface area contributed by atoms with E-state index in [2.05, 4.69) is 16.0 Å². The summed E-state index contributed by atoms with van der Waals surface area (Å²) in [4.78, 5) is 61.6. The number of amides is 4. The van der Waals surface area contributed by atoms with Crippen LogP contribution in [0.5, 0.6) is 0 Å². The van der Waals surface area contributed by atoms with Crippen LogP contribution < -0.4 is 33.2 Å². The van der Waals surface area contributed by atoms with Crippen LogP contribution in [-0.2, 0) is 30.4 Å². The van der Waals surface area contributed by atoms with Crippen molar-refractivity contribution in [2.75, 3.05) is 6.54 Å². The van der Waals surface area contributed by atoms with E-state index >= 15 is 0 Å². The molecule has 0 aliphatic rings. The summed E-state index contributed by atoms with van der Waals surface area (Å²) in [7, 11) is 0. The lowest BCUT2D eigenvalue weighted by molar-refractivity contribution is -0.142. The molecule has 0 aliphatic heterocycles. The lowest BCUT2D eigenvalue weighted by atomic mass is 10.0. The third-order valence-corrected chi connectivity index (χ3v) is 5.58. The molecular formula is C25H40N6O6. The lowest BCUT2D eigenvalue weighted by Gasteiger charge is -2.26. The fourth-order valence-corrected chi connectivity index (χ4v) is 3.65. The molecule has 1 aromatic carbocycles. The van der Waals surface area contributed by atoms with E-state index in [-0.39, 0.29) is 31.6 Å². The van der Waals surface area contributed by atoms with Crippen molar-refractivity contribution in [3.8, 4) is 0 Å². The molecule has 206 valence electrons. The predicted molar refractivity (Wildman–Crippen MR) is 138 cm³/mol. The van der Waals surface area contributed by atoms with E-state index in [4.69, 9.17) is 17.2 Å². The highest BCUT2D eigenvalue weighted by molar-refractivity contribution is 5.95. The molecule has 0 bridgehead atoms. The molecule has 0 saturated carbocycles. The SMILES string of the molecule is CC(C)CC(NC(=O)C(N)CC(N)=O)C(=O)NC(CCCCN)C(=O)NC(Cc1ccccc1)C(=O)O. The highest BCUT2D eigenvalue weighted by Gasteiger charge is 2.30. The average Bonchev–Trinajstić information content (AvgIpc) is 2.82. The molecule has 12 nitrogen and oxygen atoms in total. The highest BCUT2D eigenvalue weighted by atomic mass is 16.4. The number of aliphatic carboxylic acids is 1. The topological polar surface area (TPSA) is 220 Å². The van der Waals surface area contributed by atoms with E-state index in [1.54, 1.807) is 30.3 Å². The number of nitrogens with one attached hydrogen (secondary N) is 3. The monoisotopic (exact) mass is 520 g/mol. The summed E-state index contributed by atoms with van der Waals surface area (Å²) in [6, 6.07) is 4.33. The number of benzene rings is 1. The van der Waals surface area contributed by atoms with Crippen LogP contribution in [0.3, 0.4) is 0 Å². The van der Waals surface area contributed by atoms with E-state index in [0.29, 0.717) is 19.4 Å². The highest BCUT2D eigenvalue weighted by Crippen LogP contribution is 2.09. The summed E-state index contributed by atoms with van der Waals surface area (Å²) >= 11 is 0. The summed E-state index contributed by atoms with van der Waals surface area (Å²) in [6.07, 6.45) is 1.25. The van der Waals surface area contributed by atoms with Gasteiger partial charge in [-0.25, -0.2) is 4.79 Å². The van der Waals surface area contributed by atoms with Gasteiger partial charge in [0.05, 0.1) is 12.5 Å². The molecule has 0 aromatic heterocycles. The Balaban J connectivity index is 3.01. The smallest absolute Gasteiger partial charge is 0.326 e. The van der Waals surface area contributed by atoms with Gasteiger partial charge in [-0.3, -0.25) is 19.2 Å². The van der Waals surface area contributed by atoms with Crippen molar-refractivity contribution in [3.05, 3.63) is 35.9 Å². The molecule has 4 atom stereocenters. The molecule has 4 unspecified atom stereocenters. The first kappa shape index (κ1) is 31.5. The zero-order valence-electron chi connectivity index (χ0n) is 21.4. The van der Waals surface area contributed by atoms with Gasteiger partial charge in [0.2, 0.25) is 23.6 Å². The van der Waals surface area contributed by atoms with E-state index in [0.717, 1.165) is 5.56 Å². The van der Waals surface area contributed by atoms with E-state index < -0.39 is 53.8 Å². The van der Waals surface area contributed by atoms with Gasteiger partial charge in [-0.1, -0.05) is 44.2 Å². The van der Waals surface area contributed by atoms with Crippen LogP contribution in [0, 0.1) is 5.92 Å². The number of rotatable bonds is 17. The van der Waals surface area contributed by atoms with Gasteiger partial charge >= 0.3 is 5.97 Å². The number of hydrogen-bond donors (Lipinski definition) is 7. The number of unbranched alkanes of at least 4 members (excludes halogenated alkanes) is 1. The van der Waals surface area contributed by atoms with Crippen molar-refractivity contribution in [1.82, 2.24) is 16.0 Å². The Morgan fingerprint density at radius 2 is 1.43 bits per heavy atom. The molecule has 0 spiro atoms. The zero-order valence-corrected chi connectivity index (χ0v) is 21.4. The second-order valence-electron chi connectivity index (χ2n) is 9.40. The number of hydrogen-bond acceptors (Lipinski definition) is 7.